The lowest BCUT2D eigenvalue weighted by Crippen LogP contribution is -2.43. The van der Waals surface area contributed by atoms with E-state index in [1.807, 2.05) is 12.3 Å². The number of hydrogen-bond acceptors (Lipinski definition) is 5. The quantitative estimate of drug-likeness (QED) is 0.845. The van der Waals surface area contributed by atoms with E-state index in [-0.39, 0.29) is 11.8 Å². The third-order valence-electron chi connectivity index (χ3n) is 4.78. The van der Waals surface area contributed by atoms with Gasteiger partial charge in [-0.05, 0) is 46.0 Å². The molecule has 1 amide bonds. The number of carbonyl (C=O) groups excluding carboxylic acids is 1. The van der Waals surface area contributed by atoms with Crippen molar-refractivity contribution in [3.8, 4) is 10.4 Å². The van der Waals surface area contributed by atoms with Crippen molar-refractivity contribution in [3.05, 3.63) is 36.0 Å². The normalized spacial score (nSPS) is 18.2. The summed E-state index contributed by atoms with van der Waals surface area (Å²) in [7, 11) is 4.17. The highest BCUT2D eigenvalue weighted by atomic mass is 32.1. The number of aryl methyl sites for hydroxylation is 1. The Morgan fingerprint density at radius 1 is 1.42 bits per heavy atom. The van der Waals surface area contributed by atoms with Gasteiger partial charge in [-0.1, -0.05) is 41.2 Å². The molecule has 2 aromatic rings. The molecule has 1 aromatic heterocycles. The maximum atomic E-state index is 12.7. The molecule has 1 aromatic carbocycles. The molecule has 0 saturated carbocycles. The molecule has 3 rings (SSSR count). The fourth-order valence-electron chi connectivity index (χ4n) is 3.29. The predicted molar refractivity (Wildman–Crippen MR) is 109 cm³/mol. The number of rotatable bonds is 6. The van der Waals surface area contributed by atoms with Crippen LogP contribution in [0.25, 0.3) is 10.4 Å². The summed E-state index contributed by atoms with van der Waals surface area (Å²) in [5.41, 5.74) is 2.37. The van der Waals surface area contributed by atoms with Gasteiger partial charge in [-0.3, -0.25) is 4.79 Å². The summed E-state index contributed by atoms with van der Waals surface area (Å²) in [5.74, 6) is 0.155. The van der Waals surface area contributed by atoms with Gasteiger partial charge in [0.15, 0.2) is 5.13 Å². The van der Waals surface area contributed by atoms with Crippen LogP contribution in [0.1, 0.15) is 18.4 Å². The molecule has 1 aliphatic rings. The van der Waals surface area contributed by atoms with Crippen LogP contribution in [-0.4, -0.2) is 61.0 Å². The van der Waals surface area contributed by atoms with Gasteiger partial charge in [-0.25, -0.2) is 4.98 Å². The lowest BCUT2D eigenvalue weighted by atomic mass is 9.97. The average molecular weight is 373 g/mol. The third-order valence-corrected chi connectivity index (χ3v) is 5.74. The van der Waals surface area contributed by atoms with Gasteiger partial charge in [0.25, 0.3) is 0 Å². The van der Waals surface area contributed by atoms with Crippen molar-refractivity contribution in [3.63, 3.8) is 0 Å². The molecule has 1 atom stereocenters. The number of aromatic nitrogens is 1. The minimum Gasteiger partial charge on any atom is -0.308 e. The first-order valence-corrected chi connectivity index (χ1v) is 10.0. The van der Waals surface area contributed by atoms with Crippen LogP contribution in [0.15, 0.2) is 30.5 Å². The van der Waals surface area contributed by atoms with Crippen molar-refractivity contribution >= 4 is 22.4 Å². The lowest BCUT2D eigenvalue weighted by molar-refractivity contribution is -0.121. The highest BCUT2D eigenvalue weighted by Crippen LogP contribution is 2.30. The van der Waals surface area contributed by atoms with Crippen molar-refractivity contribution in [2.24, 2.45) is 5.92 Å². The maximum Gasteiger partial charge on any atom is 0.230 e. The Balaban J connectivity index is 1.58. The first-order chi connectivity index (χ1) is 12.5. The number of hydrogen-bond donors (Lipinski definition) is 1. The average Bonchev–Trinajstić information content (AvgIpc) is 3.09. The molecule has 0 aliphatic carbocycles. The van der Waals surface area contributed by atoms with Crippen LogP contribution in [0, 0.1) is 12.8 Å². The lowest BCUT2D eigenvalue weighted by Gasteiger charge is -2.32. The summed E-state index contributed by atoms with van der Waals surface area (Å²) < 4.78 is 0. The molecule has 1 aliphatic heterocycles. The van der Waals surface area contributed by atoms with E-state index in [9.17, 15) is 4.79 Å². The Labute approximate surface area is 160 Å². The van der Waals surface area contributed by atoms with Crippen LogP contribution in [0.2, 0.25) is 0 Å². The van der Waals surface area contributed by atoms with Gasteiger partial charge in [0.1, 0.15) is 0 Å². The Morgan fingerprint density at radius 2 is 2.27 bits per heavy atom. The van der Waals surface area contributed by atoms with E-state index in [0.717, 1.165) is 49.5 Å². The van der Waals surface area contributed by atoms with Gasteiger partial charge < -0.3 is 15.1 Å². The largest absolute Gasteiger partial charge is 0.308 e. The van der Waals surface area contributed by atoms with Crippen LogP contribution < -0.4 is 5.32 Å². The number of benzene rings is 1. The van der Waals surface area contributed by atoms with Gasteiger partial charge in [0.2, 0.25) is 5.91 Å². The zero-order valence-electron chi connectivity index (χ0n) is 15.9. The molecule has 5 nitrogen and oxygen atoms in total. The first-order valence-electron chi connectivity index (χ1n) is 9.22. The van der Waals surface area contributed by atoms with Gasteiger partial charge in [0, 0.05) is 25.8 Å². The predicted octanol–water partition coefficient (Wildman–Crippen LogP) is 3.33. The van der Waals surface area contributed by atoms with E-state index >= 15 is 0 Å². The molecule has 140 valence electrons. The number of likely N-dealkylation sites (N-methyl/N-ethyl adjacent to an activating group) is 1. The minimum absolute atomic E-state index is 0.0530. The van der Waals surface area contributed by atoms with E-state index in [4.69, 9.17) is 0 Å². The van der Waals surface area contributed by atoms with E-state index in [1.165, 1.54) is 16.9 Å². The second kappa shape index (κ2) is 8.75. The number of thiazole rings is 1. The number of nitrogens with zero attached hydrogens (tertiary/aromatic N) is 3. The molecule has 0 bridgehead atoms. The molecule has 1 N–H and O–H groups in total. The highest BCUT2D eigenvalue weighted by Gasteiger charge is 2.26. The van der Waals surface area contributed by atoms with Crippen molar-refractivity contribution in [2.45, 2.75) is 19.8 Å². The summed E-state index contributed by atoms with van der Waals surface area (Å²) in [4.78, 5) is 22.7. The number of nitrogens with one attached hydrogen (secondary N) is 1. The highest BCUT2D eigenvalue weighted by molar-refractivity contribution is 7.19. The molecular weight excluding hydrogens is 344 g/mol. The number of likely N-dealkylation sites (tertiary alicyclic amines) is 1. The molecule has 1 fully saturated rings. The molecule has 0 spiro atoms. The Morgan fingerprint density at radius 3 is 3.04 bits per heavy atom. The van der Waals surface area contributed by atoms with Crippen LogP contribution in [-0.2, 0) is 4.79 Å². The summed E-state index contributed by atoms with van der Waals surface area (Å²) in [6.45, 7) is 6.06. The van der Waals surface area contributed by atoms with Gasteiger partial charge >= 0.3 is 0 Å². The molecule has 26 heavy (non-hydrogen) atoms. The van der Waals surface area contributed by atoms with Crippen molar-refractivity contribution in [1.82, 2.24) is 14.8 Å². The minimum atomic E-state index is 0.0530. The standard InChI is InChI=1S/C20H28N4OS/c1-15-6-4-7-16(12-15)18-13-21-20(26-18)22-19(25)17-8-5-9-24(14-17)11-10-23(2)3/h4,6-7,12-13,17H,5,8-11,14H2,1-3H3,(H,21,22,25). The van der Waals surface area contributed by atoms with E-state index in [0.29, 0.717) is 5.13 Å². The van der Waals surface area contributed by atoms with E-state index in [2.05, 4.69) is 59.3 Å². The van der Waals surface area contributed by atoms with Crippen molar-refractivity contribution < 1.29 is 4.79 Å². The fraction of sp³-hybridized carbons (Fsp3) is 0.500. The molecule has 0 radical (unpaired) electrons. The molecular formula is C20H28N4OS. The summed E-state index contributed by atoms with van der Waals surface area (Å²) in [6, 6.07) is 8.35. The Kier molecular flexibility index (Phi) is 6.40. The van der Waals surface area contributed by atoms with Crippen LogP contribution in [0.3, 0.4) is 0 Å². The van der Waals surface area contributed by atoms with Gasteiger partial charge in [-0.15, -0.1) is 0 Å². The topological polar surface area (TPSA) is 48.5 Å². The molecule has 1 saturated heterocycles. The first kappa shape index (κ1) is 19.0. The number of anilines is 1. The fourth-order valence-corrected chi connectivity index (χ4v) is 4.10. The smallest absolute Gasteiger partial charge is 0.230 e. The zero-order chi connectivity index (χ0) is 18.5. The van der Waals surface area contributed by atoms with Crippen LogP contribution in [0.4, 0.5) is 5.13 Å². The molecule has 2 heterocycles. The SMILES string of the molecule is Cc1cccc(-c2cnc(NC(=O)C3CCCN(CCN(C)C)C3)s2)c1. The van der Waals surface area contributed by atoms with E-state index < -0.39 is 0 Å². The van der Waals surface area contributed by atoms with Gasteiger partial charge in [-0.2, -0.15) is 0 Å². The van der Waals surface area contributed by atoms with Gasteiger partial charge in [0.05, 0.1) is 10.8 Å². The third kappa shape index (κ3) is 5.13. The van der Waals surface area contributed by atoms with E-state index in [1.54, 1.807) is 0 Å². The van der Waals surface area contributed by atoms with Crippen LogP contribution >= 0.6 is 11.3 Å². The zero-order valence-corrected chi connectivity index (χ0v) is 16.7. The number of carbonyl (C=O) groups is 1. The molecule has 1 unspecified atom stereocenters. The number of piperidine rings is 1. The number of amides is 1. The summed E-state index contributed by atoms with van der Waals surface area (Å²) in [5, 5.41) is 3.72. The molecule has 6 heteroatoms. The van der Waals surface area contributed by atoms with Crippen molar-refractivity contribution in [2.75, 3.05) is 45.6 Å². The second-order valence-corrected chi connectivity index (χ2v) is 8.36. The summed E-state index contributed by atoms with van der Waals surface area (Å²) >= 11 is 1.54. The second-order valence-electron chi connectivity index (χ2n) is 7.33. The Bertz CT molecular complexity index is 743. The monoisotopic (exact) mass is 372 g/mol. The van der Waals surface area contributed by atoms with Crippen LogP contribution in [0.5, 0.6) is 0 Å². The Hall–Kier alpha value is -1.76. The van der Waals surface area contributed by atoms with Crippen molar-refractivity contribution in [1.29, 1.82) is 0 Å². The summed E-state index contributed by atoms with van der Waals surface area (Å²) in [6.07, 6.45) is 3.89. The maximum absolute atomic E-state index is 12.7.